The minimum Gasteiger partial charge on any atom is -0.361 e. The van der Waals surface area contributed by atoms with Crippen LogP contribution in [0.2, 0.25) is 0 Å². The van der Waals surface area contributed by atoms with Crippen LogP contribution in [0.1, 0.15) is 38.3 Å². The minimum atomic E-state index is -0.114. The monoisotopic (exact) mass is 405 g/mol. The van der Waals surface area contributed by atoms with Gasteiger partial charge in [-0.2, -0.15) is 0 Å². The van der Waals surface area contributed by atoms with Crippen LogP contribution in [-0.4, -0.2) is 30.6 Å². The van der Waals surface area contributed by atoms with Gasteiger partial charge >= 0.3 is 0 Å². The fourth-order valence-corrected chi connectivity index (χ4v) is 3.27. The van der Waals surface area contributed by atoms with Gasteiger partial charge in [-0.15, -0.1) is 0 Å². The lowest BCUT2D eigenvalue weighted by molar-refractivity contribution is -0.114. The molecule has 4 rings (SSSR count). The molecule has 4 aromatic rings. The summed E-state index contributed by atoms with van der Waals surface area (Å²) in [6.07, 6.45) is 1.77. The first-order chi connectivity index (χ1) is 14.3. The Hall–Kier alpha value is -3.75. The summed E-state index contributed by atoms with van der Waals surface area (Å²) in [6, 6.07) is 7.57. The Labute approximate surface area is 173 Å². The van der Waals surface area contributed by atoms with Crippen molar-refractivity contribution in [2.24, 2.45) is 0 Å². The highest BCUT2D eigenvalue weighted by Crippen LogP contribution is 2.31. The van der Waals surface area contributed by atoms with Gasteiger partial charge in [-0.1, -0.05) is 5.16 Å². The molecule has 3 aromatic heterocycles. The van der Waals surface area contributed by atoms with E-state index in [2.05, 4.69) is 34.6 Å². The summed E-state index contributed by atoms with van der Waals surface area (Å²) in [6.45, 7) is 9.34. The summed E-state index contributed by atoms with van der Waals surface area (Å²) in [4.78, 5) is 25.3. The lowest BCUT2D eigenvalue weighted by Crippen LogP contribution is -2.06. The summed E-state index contributed by atoms with van der Waals surface area (Å²) in [5.74, 6) is 1.66. The zero-order chi connectivity index (χ0) is 21.4. The number of carbonyl (C=O) groups is 1. The lowest BCUT2D eigenvalue weighted by atomic mass is 10.2. The van der Waals surface area contributed by atoms with Gasteiger partial charge in [0.05, 0.1) is 17.6 Å². The third-order valence-corrected chi connectivity index (χ3v) is 4.70. The van der Waals surface area contributed by atoms with Gasteiger partial charge in [-0.05, 0) is 52.0 Å². The third-order valence-electron chi connectivity index (χ3n) is 4.70. The molecule has 3 heterocycles. The van der Waals surface area contributed by atoms with E-state index in [-0.39, 0.29) is 11.9 Å². The molecule has 1 amide bonds. The number of hydrogen-bond acceptors (Lipinski definition) is 7. The molecule has 0 aliphatic heterocycles. The Balaban J connectivity index is 1.81. The van der Waals surface area contributed by atoms with Crippen molar-refractivity contribution in [1.29, 1.82) is 0 Å². The second-order valence-electron chi connectivity index (χ2n) is 7.40. The number of hydrogen-bond donors (Lipinski definition) is 2. The summed E-state index contributed by atoms with van der Waals surface area (Å²) < 4.78 is 7.32. The minimum absolute atomic E-state index is 0.114. The Morgan fingerprint density at radius 2 is 1.80 bits per heavy atom. The molecule has 0 bridgehead atoms. The van der Waals surface area contributed by atoms with E-state index in [0.717, 1.165) is 28.3 Å². The van der Waals surface area contributed by atoms with E-state index in [1.54, 1.807) is 6.33 Å². The summed E-state index contributed by atoms with van der Waals surface area (Å²) in [5, 5.41) is 10.1. The molecule has 0 radical (unpaired) electrons. The molecule has 154 valence electrons. The van der Waals surface area contributed by atoms with Gasteiger partial charge in [-0.3, -0.25) is 4.79 Å². The predicted octanol–water partition coefficient (Wildman–Crippen LogP) is 4.38. The number of imidazole rings is 1. The summed E-state index contributed by atoms with van der Waals surface area (Å²) >= 11 is 0. The lowest BCUT2D eigenvalue weighted by Gasteiger charge is -2.11. The highest BCUT2D eigenvalue weighted by atomic mass is 16.5. The van der Waals surface area contributed by atoms with Crippen molar-refractivity contribution in [3.63, 3.8) is 0 Å². The second kappa shape index (κ2) is 7.58. The Morgan fingerprint density at radius 1 is 1.10 bits per heavy atom. The molecule has 9 nitrogen and oxygen atoms in total. The first-order valence-electron chi connectivity index (χ1n) is 9.66. The van der Waals surface area contributed by atoms with E-state index in [4.69, 9.17) is 14.5 Å². The molecule has 0 fully saturated rings. The van der Waals surface area contributed by atoms with Crippen molar-refractivity contribution < 1.29 is 9.32 Å². The van der Waals surface area contributed by atoms with Crippen molar-refractivity contribution in [3.8, 4) is 11.4 Å². The fourth-order valence-electron chi connectivity index (χ4n) is 3.27. The molecule has 1 aromatic carbocycles. The Bertz CT molecular complexity index is 1200. The molecule has 0 spiro atoms. The van der Waals surface area contributed by atoms with E-state index in [0.29, 0.717) is 22.9 Å². The number of carbonyl (C=O) groups excluding carboxylic acids is 1. The van der Waals surface area contributed by atoms with E-state index in [1.807, 2.05) is 42.7 Å². The standard InChI is InChI=1S/C21H23N7O2/c1-11(2)28-10-22-18-20(24-16-8-6-15(7-9-16)23-14(5)29)25-19(26-21(18)28)17-12(3)27-30-13(17)4/h6-11H,1-5H3,(H,23,29)(H,24,25,26). The van der Waals surface area contributed by atoms with Gasteiger partial charge in [0, 0.05) is 24.3 Å². The smallest absolute Gasteiger partial charge is 0.221 e. The van der Waals surface area contributed by atoms with Crippen LogP contribution in [0.3, 0.4) is 0 Å². The van der Waals surface area contributed by atoms with Crippen LogP contribution in [0.15, 0.2) is 35.1 Å². The first kappa shape index (κ1) is 19.6. The van der Waals surface area contributed by atoms with Crippen molar-refractivity contribution in [2.75, 3.05) is 10.6 Å². The normalized spacial score (nSPS) is 11.3. The van der Waals surface area contributed by atoms with Gasteiger partial charge in [0.15, 0.2) is 22.8 Å². The van der Waals surface area contributed by atoms with Gasteiger partial charge in [0.2, 0.25) is 5.91 Å². The van der Waals surface area contributed by atoms with Crippen LogP contribution >= 0.6 is 0 Å². The van der Waals surface area contributed by atoms with Gasteiger partial charge in [0.1, 0.15) is 5.76 Å². The number of aryl methyl sites for hydroxylation is 2. The molecule has 0 saturated carbocycles. The van der Waals surface area contributed by atoms with Crippen LogP contribution in [0.4, 0.5) is 17.2 Å². The van der Waals surface area contributed by atoms with E-state index in [9.17, 15) is 4.79 Å². The number of nitrogens with one attached hydrogen (secondary N) is 2. The highest BCUT2D eigenvalue weighted by molar-refractivity contribution is 5.90. The molecular formula is C21H23N7O2. The SMILES string of the molecule is CC(=O)Nc1ccc(Nc2nc(-c3c(C)noc3C)nc3c2ncn3C(C)C)cc1. The zero-order valence-electron chi connectivity index (χ0n) is 17.5. The molecule has 0 aliphatic rings. The molecule has 0 unspecified atom stereocenters. The van der Waals surface area contributed by atoms with Crippen LogP contribution < -0.4 is 10.6 Å². The number of rotatable bonds is 5. The molecule has 30 heavy (non-hydrogen) atoms. The van der Waals surface area contributed by atoms with Gasteiger partial charge in [0.25, 0.3) is 0 Å². The second-order valence-corrected chi connectivity index (χ2v) is 7.40. The average molecular weight is 405 g/mol. The molecule has 0 saturated heterocycles. The quantitative estimate of drug-likeness (QED) is 0.507. The number of nitrogens with zero attached hydrogens (tertiary/aromatic N) is 5. The van der Waals surface area contributed by atoms with E-state index >= 15 is 0 Å². The number of benzene rings is 1. The number of anilines is 3. The van der Waals surface area contributed by atoms with Crippen LogP contribution in [0, 0.1) is 13.8 Å². The van der Waals surface area contributed by atoms with Crippen molar-refractivity contribution in [3.05, 3.63) is 42.0 Å². The zero-order valence-corrected chi connectivity index (χ0v) is 17.5. The molecule has 0 aliphatic carbocycles. The summed E-state index contributed by atoms with van der Waals surface area (Å²) in [7, 11) is 0. The van der Waals surface area contributed by atoms with Crippen LogP contribution in [0.5, 0.6) is 0 Å². The van der Waals surface area contributed by atoms with Gasteiger partial charge in [-0.25, -0.2) is 15.0 Å². The average Bonchev–Trinajstić information content (AvgIpc) is 3.26. The van der Waals surface area contributed by atoms with Crippen LogP contribution in [0.25, 0.3) is 22.6 Å². The fraction of sp³-hybridized carbons (Fsp3) is 0.286. The molecular weight excluding hydrogens is 382 g/mol. The van der Waals surface area contributed by atoms with Crippen molar-refractivity contribution >= 4 is 34.3 Å². The number of aromatic nitrogens is 5. The van der Waals surface area contributed by atoms with Crippen molar-refractivity contribution in [1.82, 2.24) is 24.7 Å². The van der Waals surface area contributed by atoms with Gasteiger partial charge < -0.3 is 19.7 Å². The molecule has 9 heteroatoms. The Kier molecular flexibility index (Phi) is 4.94. The maximum Gasteiger partial charge on any atom is 0.221 e. The first-order valence-corrected chi connectivity index (χ1v) is 9.66. The highest BCUT2D eigenvalue weighted by Gasteiger charge is 2.20. The topological polar surface area (TPSA) is 111 Å². The number of amides is 1. The third kappa shape index (κ3) is 3.61. The summed E-state index contributed by atoms with van der Waals surface area (Å²) in [5.41, 5.74) is 4.44. The predicted molar refractivity (Wildman–Crippen MR) is 115 cm³/mol. The maximum atomic E-state index is 11.2. The van der Waals surface area contributed by atoms with E-state index in [1.165, 1.54) is 6.92 Å². The Morgan fingerprint density at radius 3 is 2.40 bits per heavy atom. The van der Waals surface area contributed by atoms with E-state index < -0.39 is 0 Å². The molecule has 2 N–H and O–H groups in total. The van der Waals surface area contributed by atoms with Crippen LogP contribution in [-0.2, 0) is 4.79 Å². The number of fused-ring (bicyclic) bond motifs is 1. The van der Waals surface area contributed by atoms with Crippen molar-refractivity contribution in [2.45, 2.75) is 40.7 Å². The largest absolute Gasteiger partial charge is 0.361 e. The maximum absolute atomic E-state index is 11.2. The molecule has 0 atom stereocenters.